The number of carbonyl (C=O) groups excluding carboxylic acids is 1. The van der Waals surface area contributed by atoms with Gasteiger partial charge in [-0.15, -0.1) is 0 Å². The number of aryl methyl sites for hydroxylation is 1. The highest BCUT2D eigenvalue weighted by Crippen LogP contribution is 2.30. The van der Waals surface area contributed by atoms with Crippen LogP contribution in [-0.4, -0.2) is 33.3 Å². The molecular weight excluding hydrogens is 367 g/mol. The maximum atomic E-state index is 12.9. The van der Waals surface area contributed by atoms with E-state index in [2.05, 4.69) is 10.4 Å². The Bertz CT molecular complexity index is 922. The summed E-state index contributed by atoms with van der Waals surface area (Å²) in [4.78, 5) is 34.6. The number of carbonyl (C=O) groups is 2. The molecule has 144 valence electrons. The molecular formula is C17H16F3N3O4. The number of carboxylic acid groups (broad SMARTS) is 1. The van der Waals surface area contributed by atoms with Gasteiger partial charge in [0.2, 0.25) is 5.43 Å². The monoisotopic (exact) mass is 383 g/mol. The third kappa shape index (κ3) is 5.16. The molecule has 0 saturated heterocycles. The second kappa shape index (κ2) is 8.02. The Hall–Kier alpha value is -3.17. The third-order valence-corrected chi connectivity index (χ3v) is 3.59. The standard InChI is InChI=1S/C17H16F3N3O4/c1-10-8-13(24)15(16(27)21-7-3-6-14(25)26)22-23(10)12-5-2-4-11(9-12)17(18,19)20/h2,4-5,8-9H,3,6-7H2,1H3,(H,21,27)(H,25,26). The van der Waals surface area contributed by atoms with E-state index in [0.717, 1.165) is 22.9 Å². The van der Waals surface area contributed by atoms with Crippen LogP contribution in [0.1, 0.15) is 34.6 Å². The predicted molar refractivity (Wildman–Crippen MR) is 88.8 cm³/mol. The molecule has 1 aromatic heterocycles. The van der Waals surface area contributed by atoms with Crippen LogP contribution in [-0.2, 0) is 11.0 Å². The Kier molecular flexibility index (Phi) is 5.98. The quantitative estimate of drug-likeness (QED) is 0.745. The van der Waals surface area contributed by atoms with Gasteiger partial charge >= 0.3 is 12.1 Å². The first-order valence-corrected chi connectivity index (χ1v) is 7.88. The molecule has 0 fully saturated rings. The molecule has 2 aromatic rings. The van der Waals surface area contributed by atoms with Gasteiger partial charge in [0.05, 0.1) is 11.3 Å². The van der Waals surface area contributed by atoms with Crippen molar-refractivity contribution in [2.75, 3.05) is 6.54 Å². The second-order valence-corrected chi connectivity index (χ2v) is 5.71. The fourth-order valence-corrected chi connectivity index (χ4v) is 2.31. The smallest absolute Gasteiger partial charge is 0.416 e. The average Bonchev–Trinajstić information content (AvgIpc) is 2.58. The topological polar surface area (TPSA) is 101 Å². The van der Waals surface area contributed by atoms with Crippen LogP contribution < -0.4 is 10.7 Å². The van der Waals surface area contributed by atoms with Crippen molar-refractivity contribution in [2.45, 2.75) is 25.9 Å². The zero-order valence-electron chi connectivity index (χ0n) is 14.2. The normalized spacial score (nSPS) is 11.3. The van der Waals surface area contributed by atoms with Gasteiger partial charge in [0.15, 0.2) is 5.69 Å². The predicted octanol–water partition coefficient (Wildman–Crippen LogP) is 2.15. The number of nitrogens with one attached hydrogen (secondary N) is 1. The highest BCUT2D eigenvalue weighted by Gasteiger charge is 2.30. The molecule has 0 bridgehead atoms. The molecule has 7 nitrogen and oxygen atoms in total. The van der Waals surface area contributed by atoms with Crippen LogP contribution in [0.15, 0.2) is 35.1 Å². The van der Waals surface area contributed by atoms with Crippen molar-refractivity contribution < 1.29 is 27.9 Å². The van der Waals surface area contributed by atoms with Crippen LogP contribution >= 0.6 is 0 Å². The number of aliphatic carboxylic acids is 1. The summed E-state index contributed by atoms with van der Waals surface area (Å²) in [5.74, 6) is -1.85. The molecule has 2 rings (SSSR count). The number of hydrogen-bond acceptors (Lipinski definition) is 4. The van der Waals surface area contributed by atoms with Crippen molar-refractivity contribution in [3.63, 3.8) is 0 Å². The van der Waals surface area contributed by atoms with Crippen molar-refractivity contribution in [3.8, 4) is 5.69 Å². The summed E-state index contributed by atoms with van der Waals surface area (Å²) in [6.45, 7) is 1.49. The number of aromatic nitrogens is 2. The number of hydrogen-bond donors (Lipinski definition) is 2. The third-order valence-electron chi connectivity index (χ3n) is 3.59. The van der Waals surface area contributed by atoms with Gasteiger partial charge in [0.1, 0.15) is 0 Å². The van der Waals surface area contributed by atoms with Crippen LogP contribution in [0.5, 0.6) is 0 Å². The fraction of sp³-hybridized carbons (Fsp3) is 0.294. The Morgan fingerprint density at radius 3 is 2.59 bits per heavy atom. The number of rotatable bonds is 6. The molecule has 1 amide bonds. The Labute approximate surface area is 151 Å². The lowest BCUT2D eigenvalue weighted by Gasteiger charge is -2.13. The lowest BCUT2D eigenvalue weighted by molar-refractivity contribution is -0.138. The van der Waals surface area contributed by atoms with Crippen LogP contribution in [0.4, 0.5) is 13.2 Å². The Morgan fingerprint density at radius 1 is 1.26 bits per heavy atom. The number of alkyl halides is 3. The lowest BCUT2D eigenvalue weighted by Crippen LogP contribution is -2.32. The van der Waals surface area contributed by atoms with Crippen LogP contribution in [0.3, 0.4) is 0 Å². The highest BCUT2D eigenvalue weighted by molar-refractivity contribution is 5.92. The molecule has 10 heteroatoms. The van der Waals surface area contributed by atoms with Gasteiger partial charge in [-0.05, 0) is 31.5 Å². The summed E-state index contributed by atoms with van der Waals surface area (Å²) in [5, 5.41) is 14.8. The fourth-order valence-electron chi connectivity index (χ4n) is 2.31. The van der Waals surface area contributed by atoms with E-state index < -0.39 is 34.7 Å². The van der Waals surface area contributed by atoms with E-state index in [1.807, 2.05) is 0 Å². The van der Waals surface area contributed by atoms with E-state index in [9.17, 15) is 27.6 Å². The molecule has 1 heterocycles. The largest absolute Gasteiger partial charge is 0.481 e. The zero-order valence-corrected chi connectivity index (χ0v) is 14.2. The van der Waals surface area contributed by atoms with E-state index in [-0.39, 0.29) is 30.8 Å². The minimum absolute atomic E-state index is 0.0175. The number of carboxylic acids is 1. The minimum Gasteiger partial charge on any atom is -0.481 e. The van der Waals surface area contributed by atoms with E-state index in [1.165, 1.54) is 19.1 Å². The summed E-state index contributed by atoms with van der Waals surface area (Å²) >= 11 is 0. The zero-order chi connectivity index (χ0) is 20.2. The van der Waals surface area contributed by atoms with Crippen molar-refractivity contribution in [1.82, 2.24) is 15.1 Å². The number of nitrogens with zero attached hydrogens (tertiary/aromatic N) is 2. The maximum absolute atomic E-state index is 12.9. The van der Waals surface area contributed by atoms with Gasteiger partial charge in [0, 0.05) is 24.7 Å². The molecule has 2 N–H and O–H groups in total. The number of halogens is 3. The molecule has 0 aliphatic heterocycles. The van der Waals surface area contributed by atoms with Crippen LogP contribution in [0.2, 0.25) is 0 Å². The number of benzene rings is 1. The first-order valence-electron chi connectivity index (χ1n) is 7.88. The minimum atomic E-state index is -4.55. The van der Waals surface area contributed by atoms with E-state index in [0.29, 0.717) is 0 Å². The average molecular weight is 383 g/mol. The molecule has 0 atom stereocenters. The van der Waals surface area contributed by atoms with Crippen molar-refractivity contribution in [3.05, 3.63) is 57.5 Å². The maximum Gasteiger partial charge on any atom is 0.416 e. The summed E-state index contributed by atoms with van der Waals surface area (Å²) in [5.41, 5.74) is -1.77. The molecule has 0 aliphatic carbocycles. The van der Waals surface area contributed by atoms with Crippen LogP contribution in [0, 0.1) is 6.92 Å². The van der Waals surface area contributed by atoms with Crippen molar-refractivity contribution >= 4 is 11.9 Å². The summed E-state index contributed by atoms with van der Waals surface area (Å²) < 4.78 is 39.8. The Balaban J connectivity index is 2.32. The Morgan fingerprint density at radius 2 is 1.96 bits per heavy atom. The van der Waals surface area contributed by atoms with E-state index in [1.54, 1.807) is 0 Å². The molecule has 27 heavy (non-hydrogen) atoms. The molecule has 0 saturated carbocycles. The van der Waals surface area contributed by atoms with Gasteiger partial charge in [-0.1, -0.05) is 6.07 Å². The second-order valence-electron chi connectivity index (χ2n) is 5.71. The van der Waals surface area contributed by atoms with E-state index in [4.69, 9.17) is 5.11 Å². The van der Waals surface area contributed by atoms with Gasteiger partial charge in [0.25, 0.3) is 5.91 Å². The van der Waals surface area contributed by atoms with Gasteiger partial charge in [-0.2, -0.15) is 18.3 Å². The molecule has 0 unspecified atom stereocenters. The van der Waals surface area contributed by atoms with Gasteiger partial charge in [-0.3, -0.25) is 14.4 Å². The van der Waals surface area contributed by atoms with Crippen LogP contribution in [0.25, 0.3) is 5.69 Å². The summed E-state index contributed by atoms with van der Waals surface area (Å²) in [6.07, 6.45) is -4.54. The first kappa shape index (κ1) is 20.1. The lowest BCUT2D eigenvalue weighted by atomic mass is 10.2. The first-order chi connectivity index (χ1) is 12.6. The highest BCUT2D eigenvalue weighted by atomic mass is 19.4. The number of amides is 1. The molecule has 1 aromatic carbocycles. The summed E-state index contributed by atoms with van der Waals surface area (Å²) in [6, 6.07) is 5.42. The molecule has 0 radical (unpaired) electrons. The summed E-state index contributed by atoms with van der Waals surface area (Å²) in [7, 11) is 0. The molecule has 0 spiro atoms. The SMILES string of the molecule is Cc1cc(=O)c(C(=O)NCCCC(=O)O)nn1-c1cccc(C(F)(F)F)c1. The van der Waals surface area contributed by atoms with Crippen molar-refractivity contribution in [1.29, 1.82) is 0 Å². The molecule has 0 aliphatic rings. The van der Waals surface area contributed by atoms with Gasteiger partial charge < -0.3 is 10.4 Å². The van der Waals surface area contributed by atoms with Crippen molar-refractivity contribution in [2.24, 2.45) is 0 Å². The van der Waals surface area contributed by atoms with E-state index >= 15 is 0 Å². The van der Waals surface area contributed by atoms with Gasteiger partial charge in [-0.25, -0.2) is 4.68 Å².